The van der Waals surface area contributed by atoms with E-state index in [0.29, 0.717) is 18.9 Å². The molecule has 0 aliphatic rings. The van der Waals surface area contributed by atoms with Gasteiger partial charge in [-0.3, -0.25) is 0 Å². The summed E-state index contributed by atoms with van der Waals surface area (Å²) in [5.74, 6) is 0.297. The molecule has 0 spiro atoms. The predicted octanol–water partition coefficient (Wildman–Crippen LogP) is 2.21. The quantitative estimate of drug-likeness (QED) is 0.866. The van der Waals surface area contributed by atoms with Crippen LogP contribution < -0.4 is 5.73 Å². The van der Waals surface area contributed by atoms with E-state index in [9.17, 15) is 8.42 Å². The summed E-state index contributed by atoms with van der Waals surface area (Å²) in [6.07, 6.45) is 0.581. The normalized spacial score (nSPS) is 13.4. The Bertz CT molecular complexity index is 638. The van der Waals surface area contributed by atoms with Crippen molar-refractivity contribution in [2.75, 3.05) is 13.6 Å². The van der Waals surface area contributed by atoms with Gasteiger partial charge >= 0.3 is 0 Å². The summed E-state index contributed by atoms with van der Waals surface area (Å²) in [6.45, 7) is 4.33. The van der Waals surface area contributed by atoms with Crippen molar-refractivity contribution in [1.82, 2.24) is 4.31 Å². The van der Waals surface area contributed by atoms with Crippen molar-refractivity contribution in [2.24, 2.45) is 11.7 Å². The molecule has 116 valence electrons. The lowest BCUT2D eigenvalue weighted by Crippen LogP contribution is -2.34. The van der Waals surface area contributed by atoms with Gasteiger partial charge in [-0.1, -0.05) is 25.4 Å². The molecule has 0 bridgehead atoms. The Hall–Kier alpha value is -1.13. The molecule has 1 aromatic rings. The molecule has 0 aromatic heterocycles. The molecule has 0 saturated heterocycles. The third-order valence-corrected chi connectivity index (χ3v) is 5.57. The molecule has 0 amide bonds. The zero-order valence-corrected chi connectivity index (χ0v) is 13.9. The van der Waals surface area contributed by atoms with Gasteiger partial charge in [0, 0.05) is 19.6 Å². The van der Waals surface area contributed by atoms with Gasteiger partial charge in [0.15, 0.2) is 0 Å². The highest BCUT2D eigenvalue weighted by Gasteiger charge is 2.22. The van der Waals surface area contributed by atoms with Crippen LogP contribution in [-0.2, 0) is 10.0 Å². The summed E-state index contributed by atoms with van der Waals surface area (Å²) in [6, 6.07) is 5.94. The van der Waals surface area contributed by atoms with Gasteiger partial charge in [0.1, 0.15) is 6.07 Å². The first-order valence-electron chi connectivity index (χ1n) is 6.61. The van der Waals surface area contributed by atoms with Crippen LogP contribution in [0.25, 0.3) is 0 Å². The molecule has 0 heterocycles. The molecule has 0 aliphatic carbocycles. The van der Waals surface area contributed by atoms with Gasteiger partial charge in [-0.25, -0.2) is 12.7 Å². The van der Waals surface area contributed by atoms with Crippen LogP contribution in [0.2, 0.25) is 5.02 Å². The molecule has 5 nitrogen and oxygen atoms in total. The Labute approximate surface area is 131 Å². The molecule has 0 radical (unpaired) electrons. The number of nitrogens with two attached hydrogens (primary N) is 1. The van der Waals surface area contributed by atoms with Crippen molar-refractivity contribution < 1.29 is 8.42 Å². The summed E-state index contributed by atoms with van der Waals surface area (Å²) in [7, 11) is -2.12. The lowest BCUT2D eigenvalue weighted by atomic mass is 10.0. The van der Waals surface area contributed by atoms with E-state index in [-0.39, 0.29) is 21.5 Å². The molecule has 0 saturated carbocycles. The van der Waals surface area contributed by atoms with Crippen molar-refractivity contribution in [3.05, 3.63) is 28.8 Å². The fourth-order valence-corrected chi connectivity index (χ4v) is 3.21. The minimum atomic E-state index is -3.62. The Morgan fingerprint density at radius 3 is 2.52 bits per heavy atom. The van der Waals surface area contributed by atoms with Crippen molar-refractivity contribution in [3.63, 3.8) is 0 Å². The molecule has 7 heteroatoms. The zero-order chi connectivity index (χ0) is 16.2. The monoisotopic (exact) mass is 329 g/mol. The van der Waals surface area contributed by atoms with E-state index < -0.39 is 10.0 Å². The maximum atomic E-state index is 12.4. The molecule has 1 atom stereocenters. The van der Waals surface area contributed by atoms with Gasteiger partial charge in [-0.05, 0) is 30.5 Å². The highest BCUT2D eigenvalue weighted by Crippen LogP contribution is 2.22. The Morgan fingerprint density at radius 1 is 1.43 bits per heavy atom. The van der Waals surface area contributed by atoms with E-state index in [1.165, 1.54) is 29.6 Å². The highest BCUT2D eigenvalue weighted by atomic mass is 35.5. The van der Waals surface area contributed by atoms with Crippen LogP contribution in [0.15, 0.2) is 23.1 Å². The summed E-state index contributed by atoms with van der Waals surface area (Å²) in [5.41, 5.74) is 6.18. The van der Waals surface area contributed by atoms with Gasteiger partial charge in [0.2, 0.25) is 10.0 Å². The van der Waals surface area contributed by atoms with Crippen LogP contribution >= 0.6 is 11.6 Å². The summed E-state index contributed by atoms with van der Waals surface area (Å²) >= 11 is 5.88. The number of sulfonamides is 1. The first-order valence-corrected chi connectivity index (χ1v) is 8.43. The first kappa shape index (κ1) is 17.9. The third-order valence-electron chi connectivity index (χ3n) is 3.40. The summed E-state index contributed by atoms with van der Waals surface area (Å²) < 4.78 is 26.1. The lowest BCUT2D eigenvalue weighted by Gasteiger charge is -2.21. The van der Waals surface area contributed by atoms with Crippen LogP contribution in [0.5, 0.6) is 0 Å². The predicted molar refractivity (Wildman–Crippen MR) is 83.4 cm³/mol. The van der Waals surface area contributed by atoms with Gasteiger partial charge in [0.25, 0.3) is 0 Å². The van der Waals surface area contributed by atoms with Gasteiger partial charge in [-0.2, -0.15) is 5.26 Å². The molecule has 0 aliphatic heterocycles. The van der Waals surface area contributed by atoms with Gasteiger partial charge in [0.05, 0.1) is 15.5 Å². The van der Waals surface area contributed by atoms with E-state index in [0.717, 1.165) is 0 Å². The molecule has 21 heavy (non-hydrogen) atoms. The number of nitrogens with zero attached hydrogens (tertiary/aromatic N) is 2. The number of halogens is 1. The van der Waals surface area contributed by atoms with Crippen molar-refractivity contribution in [2.45, 2.75) is 31.2 Å². The smallest absolute Gasteiger partial charge is 0.242 e. The molecule has 2 N–H and O–H groups in total. The maximum absolute atomic E-state index is 12.4. The minimum Gasteiger partial charge on any atom is -0.327 e. The average Bonchev–Trinajstić information content (AvgIpc) is 2.43. The van der Waals surface area contributed by atoms with Gasteiger partial charge in [-0.15, -0.1) is 0 Å². The number of benzene rings is 1. The fourth-order valence-electron chi connectivity index (χ4n) is 1.71. The number of nitriles is 1. The second-order valence-corrected chi connectivity index (χ2v) is 7.73. The van der Waals surface area contributed by atoms with Crippen LogP contribution in [0.4, 0.5) is 0 Å². The lowest BCUT2D eigenvalue weighted by molar-refractivity contribution is 0.397. The topological polar surface area (TPSA) is 87.2 Å². The first-order chi connectivity index (χ1) is 9.70. The third kappa shape index (κ3) is 4.42. The molecular weight excluding hydrogens is 310 g/mol. The van der Waals surface area contributed by atoms with Crippen LogP contribution in [0, 0.1) is 17.2 Å². The van der Waals surface area contributed by atoms with Crippen LogP contribution in [-0.4, -0.2) is 32.4 Å². The molecule has 1 unspecified atom stereocenters. The highest BCUT2D eigenvalue weighted by molar-refractivity contribution is 7.89. The van der Waals surface area contributed by atoms with E-state index >= 15 is 0 Å². The summed E-state index contributed by atoms with van der Waals surface area (Å²) in [5, 5.41) is 8.94. The Kier molecular flexibility index (Phi) is 6.17. The molecular formula is C14H20ClN3O2S. The second-order valence-electron chi connectivity index (χ2n) is 5.28. The van der Waals surface area contributed by atoms with E-state index in [4.69, 9.17) is 22.6 Å². The fraction of sp³-hybridized carbons (Fsp3) is 0.500. The average molecular weight is 330 g/mol. The van der Waals surface area contributed by atoms with E-state index in [2.05, 4.69) is 0 Å². The second kappa shape index (κ2) is 7.23. The van der Waals surface area contributed by atoms with Crippen molar-refractivity contribution in [1.29, 1.82) is 5.26 Å². The number of rotatable bonds is 6. The zero-order valence-electron chi connectivity index (χ0n) is 12.4. The van der Waals surface area contributed by atoms with Crippen molar-refractivity contribution >= 4 is 21.6 Å². The number of hydrogen-bond donors (Lipinski definition) is 1. The van der Waals surface area contributed by atoms with E-state index in [1.54, 1.807) is 0 Å². The summed E-state index contributed by atoms with van der Waals surface area (Å²) in [4.78, 5) is 0.0760. The van der Waals surface area contributed by atoms with E-state index in [1.807, 2.05) is 19.9 Å². The SMILES string of the molecule is CC(C)C(N)CCN(C)S(=O)(=O)c1ccc(C#N)c(Cl)c1. The Balaban J connectivity index is 2.90. The van der Waals surface area contributed by atoms with Crippen LogP contribution in [0.3, 0.4) is 0 Å². The van der Waals surface area contributed by atoms with Crippen molar-refractivity contribution in [3.8, 4) is 6.07 Å². The minimum absolute atomic E-state index is 0.0489. The standard InChI is InChI=1S/C14H20ClN3O2S/c1-10(2)14(17)6-7-18(3)21(19,20)12-5-4-11(9-16)13(15)8-12/h4-5,8,10,14H,6-7,17H2,1-3H3. The van der Waals surface area contributed by atoms with Crippen LogP contribution in [0.1, 0.15) is 25.8 Å². The largest absolute Gasteiger partial charge is 0.327 e. The van der Waals surface area contributed by atoms with Gasteiger partial charge < -0.3 is 5.73 Å². The number of hydrogen-bond acceptors (Lipinski definition) is 4. The molecule has 1 rings (SSSR count). The molecule has 0 fully saturated rings. The molecule has 1 aromatic carbocycles. The maximum Gasteiger partial charge on any atom is 0.242 e. The Morgan fingerprint density at radius 2 is 2.05 bits per heavy atom.